The SMILES string of the molecule is CC.Cc1ncc(-n2cncn2)c(-c2ccccc2)n1. The summed E-state index contributed by atoms with van der Waals surface area (Å²) in [4.78, 5) is 12.7. The van der Waals surface area contributed by atoms with Gasteiger partial charge in [0.25, 0.3) is 0 Å². The van der Waals surface area contributed by atoms with E-state index in [-0.39, 0.29) is 0 Å². The second-order valence-corrected chi connectivity index (χ2v) is 3.86. The van der Waals surface area contributed by atoms with Crippen LogP contribution in [0.4, 0.5) is 0 Å². The molecule has 0 spiro atoms. The van der Waals surface area contributed by atoms with Crippen LogP contribution in [0.3, 0.4) is 0 Å². The molecule has 0 aliphatic rings. The second-order valence-electron chi connectivity index (χ2n) is 3.86. The molecule has 0 bridgehead atoms. The van der Waals surface area contributed by atoms with Crippen molar-refractivity contribution in [3.8, 4) is 16.9 Å². The summed E-state index contributed by atoms with van der Waals surface area (Å²) in [5, 5.41) is 4.13. The predicted octanol–water partition coefficient (Wildman–Crippen LogP) is 3.06. The molecule has 0 unspecified atom stereocenters. The Hall–Kier alpha value is -2.56. The molecule has 20 heavy (non-hydrogen) atoms. The molecule has 0 saturated heterocycles. The van der Waals surface area contributed by atoms with E-state index in [1.807, 2.05) is 51.1 Å². The molecule has 0 aliphatic heterocycles. The van der Waals surface area contributed by atoms with E-state index in [2.05, 4.69) is 20.1 Å². The third kappa shape index (κ3) is 2.88. The van der Waals surface area contributed by atoms with Crippen molar-refractivity contribution < 1.29 is 0 Å². The van der Waals surface area contributed by atoms with Crippen LogP contribution in [0.25, 0.3) is 16.9 Å². The maximum absolute atomic E-state index is 4.50. The molecule has 2 aromatic heterocycles. The van der Waals surface area contributed by atoms with Crippen LogP contribution in [0.2, 0.25) is 0 Å². The van der Waals surface area contributed by atoms with Crippen LogP contribution in [0.5, 0.6) is 0 Å². The molecule has 1 aromatic carbocycles. The number of benzene rings is 1. The van der Waals surface area contributed by atoms with Crippen LogP contribution in [0.15, 0.2) is 49.2 Å². The van der Waals surface area contributed by atoms with Gasteiger partial charge in [0, 0.05) is 5.56 Å². The smallest absolute Gasteiger partial charge is 0.138 e. The third-order valence-corrected chi connectivity index (χ3v) is 2.60. The van der Waals surface area contributed by atoms with Gasteiger partial charge in [-0.1, -0.05) is 44.2 Å². The lowest BCUT2D eigenvalue weighted by atomic mass is 10.1. The van der Waals surface area contributed by atoms with Crippen LogP contribution in [-0.4, -0.2) is 24.7 Å². The van der Waals surface area contributed by atoms with Crippen molar-refractivity contribution in [1.82, 2.24) is 24.7 Å². The van der Waals surface area contributed by atoms with Gasteiger partial charge in [-0.05, 0) is 6.92 Å². The lowest BCUT2D eigenvalue weighted by molar-refractivity contribution is 0.858. The first kappa shape index (κ1) is 13.9. The van der Waals surface area contributed by atoms with Gasteiger partial charge in [0.1, 0.15) is 24.2 Å². The summed E-state index contributed by atoms with van der Waals surface area (Å²) < 4.78 is 1.67. The molecule has 3 aromatic rings. The number of rotatable bonds is 2. The highest BCUT2D eigenvalue weighted by molar-refractivity contribution is 5.67. The highest BCUT2D eigenvalue weighted by Crippen LogP contribution is 2.23. The molecule has 0 atom stereocenters. The first-order chi connectivity index (χ1) is 9.84. The van der Waals surface area contributed by atoms with Crippen LogP contribution >= 0.6 is 0 Å². The minimum atomic E-state index is 0.734. The Morgan fingerprint density at radius 3 is 2.45 bits per heavy atom. The van der Waals surface area contributed by atoms with Crippen LogP contribution in [0.1, 0.15) is 19.7 Å². The van der Waals surface area contributed by atoms with Crippen molar-refractivity contribution in [3.63, 3.8) is 0 Å². The molecular weight excluding hydrogens is 250 g/mol. The Bertz CT molecular complexity index is 647. The van der Waals surface area contributed by atoms with Gasteiger partial charge in [0.15, 0.2) is 0 Å². The van der Waals surface area contributed by atoms with E-state index in [4.69, 9.17) is 0 Å². The molecule has 0 amide bonds. The van der Waals surface area contributed by atoms with Gasteiger partial charge in [-0.3, -0.25) is 0 Å². The summed E-state index contributed by atoms with van der Waals surface area (Å²) >= 11 is 0. The normalized spacial score (nSPS) is 9.75. The topological polar surface area (TPSA) is 56.5 Å². The Morgan fingerprint density at radius 2 is 1.80 bits per heavy atom. The summed E-state index contributed by atoms with van der Waals surface area (Å²) in [5.74, 6) is 0.734. The molecule has 5 nitrogen and oxygen atoms in total. The van der Waals surface area contributed by atoms with Gasteiger partial charge in [-0.15, -0.1) is 0 Å². The predicted molar refractivity (Wildman–Crippen MR) is 78.5 cm³/mol. The standard InChI is InChI=1S/C13H11N5.C2H6/c1-10-15-7-12(18-9-14-8-16-18)13(17-10)11-5-3-2-4-6-11;1-2/h2-9H,1H3;1-2H3. The molecule has 0 N–H and O–H groups in total. The Balaban J connectivity index is 0.000000704. The quantitative estimate of drug-likeness (QED) is 0.716. The zero-order valence-electron chi connectivity index (χ0n) is 11.9. The largest absolute Gasteiger partial charge is 0.239 e. The molecular formula is C15H17N5. The first-order valence-electron chi connectivity index (χ1n) is 6.58. The highest BCUT2D eigenvalue weighted by Gasteiger charge is 2.10. The van der Waals surface area contributed by atoms with Crippen molar-refractivity contribution in [2.24, 2.45) is 0 Å². The number of aromatic nitrogens is 5. The average Bonchev–Trinajstić information content (AvgIpc) is 3.04. The number of nitrogens with zero attached hydrogens (tertiary/aromatic N) is 5. The summed E-state index contributed by atoms with van der Waals surface area (Å²) in [5.41, 5.74) is 2.71. The van der Waals surface area contributed by atoms with E-state index < -0.39 is 0 Å². The molecule has 102 valence electrons. The fourth-order valence-electron chi connectivity index (χ4n) is 1.77. The van der Waals surface area contributed by atoms with E-state index in [1.165, 1.54) is 6.33 Å². The van der Waals surface area contributed by atoms with E-state index in [9.17, 15) is 0 Å². The van der Waals surface area contributed by atoms with E-state index in [0.29, 0.717) is 0 Å². The van der Waals surface area contributed by atoms with Crippen molar-refractivity contribution in [3.05, 3.63) is 55.0 Å². The van der Waals surface area contributed by atoms with E-state index >= 15 is 0 Å². The second kappa shape index (κ2) is 6.56. The minimum Gasteiger partial charge on any atom is -0.239 e. The Morgan fingerprint density at radius 1 is 1.05 bits per heavy atom. The Kier molecular flexibility index (Phi) is 4.55. The monoisotopic (exact) mass is 267 g/mol. The minimum absolute atomic E-state index is 0.734. The van der Waals surface area contributed by atoms with Gasteiger partial charge in [-0.25, -0.2) is 19.6 Å². The lowest BCUT2D eigenvalue weighted by Gasteiger charge is -2.08. The number of aryl methyl sites for hydroxylation is 1. The molecule has 0 saturated carbocycles. The van der Waals surface area contributed by atoms with Crippen LogP contribution < -0.4 is 0 Å². The maximum atomic E-state index is 4.50. The van der Waals surface area contributed by atoms with Gasteiger partial charge >= 0.3 is 0 Å². The summed E-state index contributed by atoms with van der Waals surface area (Å²) in [6, 6.07) is 9.98. The highest BCUT2D eigenvalue weighted by atomic mass is 15.3. The zero-order chi connectivity index (χ0) is 14.4. The van der Waals surface area contributed by atoms with Crippen molar-refractivity contribution in [2.45, 2.75) is 20.8 Å². The lowest BCUT2D eigenvalue weighted by Crippen LogP contribution is -2.02. The fraction of sp³-hybridized carbons (Fsp3) is 0.200. The fourth-order valence-corrected chi connectivity index (χ4v) is 1.77. The van der Waals surface area contributed by atoms with E-state index in [0.717, 1.165) is 22.8 Å². The summed E-state index contributed by atoms with van der Waals surface area (Å²) in [6.07, 6.45) is 4.90. The zero-order valence-corrected chi connectivity index (χ0v) is 11.9. The van der Waals surface area contributed by atoms with Gasteiger partial charge in [0.05, 0.1) is 11.9 Å². The van der Waals surface area contributed by atoms with Crippen LogP contribution in [-0.2, 0) is 0 Å². The molecule has 0 aliphatic carbocycles. The van der Waals surface area contributed by atoms with Gasteiger partial charge in [0.2, 0.25) is 0 Å². The number of hydrogen-bond acceptors (Lipinski definition) is 4. The van der Waals surface area contributed by atoms with Crippen LogP contribution in [0, 0.1) is 6.92 Å². The molecule has 0 radical (unpaired) electrons. The maximum Gasteiger partial charge on any atom is 0.138 e. The molecule has 0 fully saturated rings. The van der Waals surface area contributed by atoms with Gasteiger partial charge < -0.3 is 0 Å². The number of hydrogen-bond donors (Lipinski definition) is 0. The molecule has 3 rings (SSSR count). The van der Waals surface area contributed by atoms with Gasteiger partial charge in [-0.2, -0.15) is 5.10 Å². The molecule has 5 heteroatoms. The Labute approximate surface area is 118 Å². The van der Waals surface area contributed by atoms with Crippen molar-refractivity contribution in [2.75, 3.05) is 0 Å². The molecule has 2 heterocycles. The summed E-state index contributed by atoms with van der Waals surface area (Å²) in [6.45, 7) is 5.87. The first-order valence-corrected chi connectivity index (χ1v) is 6.58. The third-order valence-electron chi connectivity index (χ3n) is 2.60. The summed E-state index contributed by atoms with van der Waals surface area (Å²) in [7, 11) is 0. The average molecular weight is 267 g/mol. The van der Waals surface area contributed by atoms with Crippen molar-refractivity contribution >= 4 is 0 Å². The van der Waals surface area contributed by atoms with Crippen molar-refractivity contribution in [1.29, 1.82) is 0 Å². The van der Waals surface area contributed by atoms with E-state index in [1.54, 1.807) is 17.2 Å².